The number of hydroxylamine groups is 1. The number of hydrogen-bond acceptors (Lipinski definition) is 5. The summed E-state index contributed by atoms with van der Waals surface area (Å²) in [6.07, 6.45) is 2.63. The number of ether oxygens (including phenoxy) is 1. The second-order valence-corrected chi connectivity index (χ2v) is 6.53. The first-order chi connectivity index (χ1) is 12.5. The fraction of sp³-hybridized carbons (Fsp3) is 0.316. The van der Waals surface area contributed by atoms with Crippen LogP contribution < -0.4 is 0 Å². The lowest BCUT2D eigenvalue weighted by Gasteiger charge is -2.25. The Bertz CT molecular complexity index is 866. The fourth-order valence-corrected chi connectivity index (χ4v) is 3.18. The van der Waals surface area contributed by atoms with Crippen LogP contribution in [0.4, 0.5) is 0 Å². The predicted molar refractivity (Wildman–Crippen MR) is 98.1 cm³/mol. The van der Waals surface area contributed by atoms with Gasteiger partial charge in [-0.15, -0.1) is 0 Å². The first-order valence-electron chi connectivity index (χ1n) is 8.16. The second-order valence-electron chi connectivity index (χ2n) is 6.09. The van der Waals surface area contributed by atoms with Crippen LogP contribution in [-0.2, 0) is 19.2 Å². The topological polar surface area (TPSA) is 60.1 Å². The minimum Gasteiger partial charge on any atom is -0.464 e. The van der Waals surface area contributed by atoms with E-state index in [1.807, 2.05) is 48.9 Å². The maximum Gasteiger partial charge on any atom is 0.360 e. The molecule has 2 bridgehead atoms. The largest absolute Gasteiger partial charge is 0.464 e. The van der Waals surface area contributed by atoms with Gasteiger partial charge < -0.3 is 9.57 Å². The molecule has 0 amide bonds. The summed E-state index contributed by atoms with van der Waals surface area (Å²) in [6.45, 7) is 4.01. The molecule has 1 unspecified atom stereocenters. The van der Waals surface area contributed by atoms with Gasteiger partial charge in [-0.25, -0.2) is 9.63 Å². The van der Waals surface area contributed by atoms with Crippen LogP contribution in [0.5, 0.6) is 0 Å². The summed E-state index contributed by atoms with van der Waals surface area (Å²) in [4.78, 5) is 23.0. The van der Waals surface area contributed by atoms with E-state index in [9.17, 15) is 4.79 Å². The van der Waals surface area contributed by atoms with E-state index in [0.29, 0.717) is 16.4 Å². The predicted octanol–water partition coefficient (Wildman–Crippen LogP) is 3.58. The van der Waals surface area contributed by atoms with Crippen molar-refractivity contribution in [2.24, 2.45) is 5.16 Å². The Morgan fingerprint density at radius 1 is 1.31 bits per heavy atom. The minimum atomic E-state index is -0.576. The van der Waals surface area contributed by atoms with Crippen molar-refractivity contribution < 1.29 is 23.9 Å². The Balaban J connectivity index is 2.02. The van der Waals surface area contributed by atoms with Gasteiger partial charge in [0.25, 0.3) is 0 Å². The summed E-state index contributed by atoms with van der Waals surface area (Å²) in [5, 5.41) is 4.51. The molecule has 0 fully saturated rings. The molecule has 0 N–H and O–H groups in total. The molecule has 6 nitrogen and oxygen atoms in total. The van der Waals surface area contributed by atoms with E-state index >= 15 is 0 Å². The number of carbonyl (C=O) groups excluding carboxylic acids is 1. The summed E-state index contributed by atoms with van der Waals surface area (Å²) >= 11 is 5.98. The van der Waals surface area contributed by atoms with Crippen molar-refractivity contribution in [1.29, 1.82) is 0 Å². The van der Waals surface area contributed by atoms with Crippen LogP contribution in [0.1, 0.15) is 31.9 Å². The number of fused-ring (bicyclic) bond motifs is 2. The number of esters is 1. The molecule has 2 heterocycles. The van der Waals surface area contributed by atoms with Gasteiger partial charge in [0.2, 0.25) is 17.5 Å². The van der Waals surface area contributed by atoms with E-state index in [1.165, 1.54) is 14.2 Å². The lowest BCUT2D eigenvalue weighted by atomic mass is 9.92. The molecule has 0 spiro atoms. The van der Waals surface area contributed by atoms with E-state index in [-0.39, 0.29) is 11.8 Å². The Morgan fingerprint density at radius 3 is 2.58 bits per heavy atom. The summed E-state index contributed by atoms with van der Waals surface area (Å²) in [5.74, 6) is 0.0227. The summed E-state index contributed by atoms with van der Waals surface area (Å²) in [7, 11) is 2.69. The molecule has 7 heteroatoms. The SMILES string of the molecule is CON=C(C(=O)OC)C1=CC2=[N+](C(C)c3ccc(Cl)cc3)OC1=C(C)C2. The quantitative estimate of drug-likeness (QED) is 0.341. The summed E-state index contributed by atoms with van der Waals surface area (Å²) in [5.41, 5.74) is 3.67. The zero-order chi connectivity index (χ0) is 18.8. The zero-order valence-electron chi connectivity index (χ0n) is 15.1. The van der Waals surface area contributed by atoms with Crippen LogP contribution in [0.15, 0.2) is 52.4 Å². The van der Waals surface area contributed by atoms with Crippen molar-refractivity contribution >= 4 is 29.0 Å². The van der Waals surface area contributed by atoms with E-state index in [1.54, 1.807) is 0 Å². The number of allylic oxidation sites excluding steroid dienone is 3. The number of nitrogens with zero attached hydrogens (tertiary/aromatic N) is 2. The molecular formula is C19H20ClN2O4+. The third-order valence-electron chi connectivity index (χ3n) is 4.38. The highest BCUT2D eigenvalue weighted by molar-refractivity contribution is 6.45. The van der Waals surface area contributed by atoms with E-state index < -0.39 is 5.97 Å². The van der Waals surface area contributed by atoms with Crippen molar-refractivity contribution in [3.63, 3.8) is 0 Å². The highest BCUT2D eigenvalue weighted by Crippen LogP contribution is 2.34. The highest BCUT2D eigenvalue weighted by Gasteiger charge is 2.41. The van der Waals surface area contributed by atoms with Gasteiger partial charge in [0, 0.05) is 23.6 Å². The maximum absolute atomic E-state index is 12.1. The molecule has 0 radical (unpaired) electrons. The van der Waals surface area contributed by atoms with Gasteiger partial charge in [-0.1, -0.05) is 28.9 Å². The average Bonchev–Trinajstić information content (AvgIpc) is 2.65. The number of benzene rings is 1. The summed E-state index contributed by atoms with van der Waals surface area (Å²) < 4.78 is 6.66. The normalized spacial score (nSPS) is 17.7. The number of oxime groups is 1. The van der Waals surface area contributed by atoms with Gasteiger partial charge >= 0.3 is 5.97 Å². The molecule has 0 saturated heterocycles. The van der Waals surface area contributed by atoms with Gasteiger partial charge in [-0.2, -0.15) is 0 Å². The van der Waals surface area contributed by atoms with Crippen molar-refractivity contribution in [2.45, 2.75) is 26.3 Å². The van der Waals surface area contributed by atoms with E-state index in [4.69, 9.17) is 26.0 Å². The second kappa shape index (κ2) is 7.33. The van der Waals surface area contributed by atoms with Crippen molar-refractivity contribution in [3.05, 3.63) is 57.8 Å². The standard InChI is InChI=1S/C19H20ClN2O4/c1-11-9-15-10-16(17(21-25-4)19(23)24-3)18(11)26-22(15)12(2)13-5-7-14(20)8-6-13/h5-8,10,12H,9H2,1-4H3/q+1. The molecule has 1 aromatic rings. The third-order valence-corrected chi connectivity index (χ3v) is 4.63. The molecule has 26 heavy (non-hydrogen) atoms. The molecule has 1 aliphatic carbocycles. The van der Waals surface area contributed by atoms with E-state index in [2.05, 4.69) is 5.16 Å². The van der Waals surface area contributed by atoms with Crippen LogP contribution in [0.2, 0.25) is 5.02 Å². The monoisotopic (exact) mass is 375 g/mol. The van der Waals surface area contributed by atoms with Gasteiger partial charge in [-0.3, -0.25) is 0 Å². The van der Waals surface area contributed by atoms with Crippen LogP contribution in [0.25, 0.3) is 0 Å². The van der Waals surface area contributed by atoms with Crippen LogP contribution >= 0.6 is 11.6 Å². The number of carbonyl (C=O) groups is 1. The molecule has 136 valence electrons. The maximum atomic E-state index is 12.1. The smallest absolute Gasteiger partial charge is 0.360 e. The third kappa shape index (κ3) is 3.24. The molecule has 4 rings (SSSR count). The van der Waals surface area contributed by atoms with Crippen molar-refractivity contribution in [3.8, 4) is 0 Å². The Labute approximate surface area is 156 Å². The van der Waals surface area contributed by atoms with Gasteiger partial charge in [0.15, 0.2) is 5.71 Å². The molecule has 2 aliphatic heterocycles. The first-order valence-corrected chi connectivity index (χ1v) is 8.54. The Morgan fingerprint density at radius 2 is 2.00 bits per heavy atom. The van der Waals surface area contributed by atoms with Crippen LogP contribution in [0.3, 0.4) is 0 Å². The zero-order valence-corrected chi connectivity index (χ0v) is 15.8. The summed E-state index contributed by atoms with van der Waals surface area (Å²) in [6, 6.07) is 7.62. The van der Waals surface area contributed by atoms with Gasteiger partial charge in [0.05, 0.1) is 19.1 Å². The highest BCUT2D eigenvalue weighted by atomic mass is 35.5. The lowest BCUT2D eigenvalue weighted by molar-refractivity contribution is -0.803. The molecule has 1 atom stereocenters. The fourth-order valence-electron chi connectivity index (χ4n) is 3.06. The van der Waals surface area contributed by atoms with Crippen molar-refractivity contribution in [2.75, 3.05) is 14.2 Å². The Kier molecular flexibility index (Phi) is 5.13. The lowest BCUT2D eigenvalue weighted by Crippen LogP contribution is -2.35. The molecule has 0 aromatic heterocycles. The Hall–Kier alpha value is -2.60. The minimum absolute atomic E-state index is 0.0240. The van der Waals surface area contributed by atoms with Gasteiger partial charge in [-0.05, 0) is 29.4 Å². The van der Waals surface area contributed by atoms with Crippen LogP contribution in [-0.4, -0.2) is 36.4 Å². The van der Waals surface area contributed by atoms with Crippen LogP contribution in [0, 0.1) is 0 Å². The first kappa shape index (κ1) is 18.2. The van der Waals surface area contributed by atoms with Crippen molar-refractivity contribution in [1.82, 2.24) is 0 Å². The number of methoxy groups -OCH3 is 1. The molecule has 1 aromatic carbocycles. The number of halogens is 1. The molecule has 0 saturated carbocycles. The van der Waals surface area contributed by atoms with E-state index in [0.717, 1.165) is 23.3 Å². The molecule has 3 aliphatic rings. The number of hydrogen-bond donors (Lipinski definition) is 0. The average molecular weight is 376 g/mol. The van der Waals surface area contributed by atoms with Gasteiger partial charge in [0.1, 0.15) is 7.11 Å². The number of rotatable bonds is 5. The molecular weight excluding hydrogens is 356 g/mol.